The van der Waals surface area contributed by atoms with Gasteiger partial charge in [0.05, 0.1) is 5.56 Å². The van der Waals surface area contributed by atoms with Gasteiger partial charge in [-0.1, -0.05) is 23.2 Å². The average molecular weight is 268 g/mol. The number of nitrogens with zero attached hydrogens (tertiary/aromatic N) is 2. The Morgan fingerprint density at radius 2 is 2.00 bits per heavy atom. The van der Waals surface area contributed by atoms with Crippen LogP contribution in [-0.2, 0) is 0 Å². The van der Waals surface area contributed by atoms with E-state index in [0.717, 1.165) is 0 Å². The number of hydrogen-bond donors (Lipinski definition) is 1. The maximum atomic E-state index is 11.8. The average Bonchev–Trinajstić information content (AvgIpc) is 2.29. The van der Waals surface area contributed by atoms with Crippen molar-refractivity contribution in [3.63, 3.8) is 0 Å². The molecule has 2 rings (SSSR count). The number of amides is 1. The Morgan fingerprint density at radius 1 is 1.18 bits per heavy atom. The van der Waals surface area contributed by atoms with Crippen molar-refractivity contribution < 1.29 is 4.79 Å². The van der Waals surface area contributed by atoms with Gasteiger partial charge in [-0.3, -0.25) is 4.79 Å². The minimum absolute atomic E-state index is 0.158. The predicted octanol–water partition coefficient (Wildman–Crippen LogP) is 3.04. The fourth-order valence-electron chi connectivity index (χ4n) is 1.23. The summed E-state index contributed by atoms with van der Waals surface area (Å²) in [6.07, 6.45) is 3.02. The molecule has 0 atom stereocenters. The van der Waals surface area contributed by atoms with Crippen LogP contribution in [0.4, 0.5) is 5.69 Å². The summed E-state index contributed by atoms with van der Waals surface area (Å²) in [7, 11) is 0. The zero-order valence-corrected chi connectivity index (χ0v) is 10.0. The topological polar surface area (TPSA) is 54.9 Å². The second-order valence-corrected chi connectivity index (χ2v) is 3.91. The molecule has 0 aliphatic carbocycles. The van der Waals surface area contributed by atoms with Gasteiger partial charge in [0.1, 0.15) is 10.3 Å². The van der Waals surface area contributed by atoms with Gasteiger partial charge in [-0.05, 0) is 24.3 Å². The fourth-order valence-corrected chi connectivity index (χ4v) is 1.61. The van der Waals surface area contributed by atoms with E-state index >= 15 is 0 Å². The lowest BCUT2D eigenvalue weighted by Gasteiger charge is -2.05. The summed E-state index contributed by atoms with van der Waals surface area (Å²) in [4.78, 5) is 19.5. The van der Waals surface area contributed by atoms with Crippen molar-refractivity contribution in [2.45, 2.75) is 0 Å². The summed E-state index contributed by atoms with van der Waals surface area (Å²) in [5, 5.41) is 3.12. The molecule has 2 heterocycles. The molecule has 6 heteroatoms. The summed E-state index contributed by atoms with van der Waals surface area (Å²) >= 11 is 11.5. The molecule has 0 unspecified atom stereocenters. The van der Waals surface area contributed by atoms with Crippen molar-refractivity contribution >= 4 is 34.8 Å². The van der Waals surface area contributed by atoms with Crippen molar-refractivity contribution in [1.29, 1.82) is 0 Å². The minimum Gasteiger partial charge on any atom is -0.322 e. The van der Waals surface area contributed by atoms with Crippen molar-refractivity contribution in [3.8, 4) is 0 Å². The Bertz CT molecular complexity index is 560. The summed E-state index contributed by atoms with van der Waals surface area (Å²) in [5.74, 6) is -0.342. The highest BCUT2D eigenvalue weighted by Crippen LogP contribution is 2.16. The van der Waals surface area contributed by atoms with Crippen LogP contribution in [-0.4, -0.2) is 15.9 Å². The third-order valence-electron chi connectivity index (χ3n) is 1.99. The van der Waals surface area contributed by atoms with E-state index in [-0.39, 0.29) is 11.1 Å². The van der Waals surface area contributed by atoms with E-state index in [1.54, 1.807) is 24.3 Å². The van der Waals surface area contributed by atoms with E-state index in [9.17, 15) is 4.79 Å². The van der Waals surface area contributed by atoms with Gasteiger partial charge < -0.3 is 5.32 Å². The van der Waals surface area contributed by atoms with Crippen LogP contribution in [0.25, 0.3) is 0 Å². The third kappa shape index (κ3) is 2.93. The van der Waals surface area contributed by atoms with Gasteiger partial charge in [0.25, 0.3) is 5.91 Å². The predicted molar refractivity (Wildman–Crippen MR) is 66.4 cm³/mol. The van der Waals surface area contributed by atoms with Crippen LogP contribution >= 0.6 is 23.2 Å². The van der Waals surface area contributed by atoms with E-state index in [4.69, 9.17) is 23.2 Å². The molecule has 2 aromatic heterocycles. The standard InChI is InChI=1S/C11H7Cl2N3O/c12-9-6-7(3-5-14-9)16-11(17)8-2-1-4-15-10(8)13/h1-6H,(H,14,16,17). The molecule has 4 nitrogen and oxygen atoms in total. The molecule has 2 aromatic rings. The lowest BCUT2D eigenvalue weighted by Crippen LogP contribution is -2.12. The first kappa shape index (κ1) is 11.8. The number of hydrogen-bond acceptors (Lipinski definition) is 3. The Labute approximate surface area is 108 Å². The monoisotopic (exact) mass is 267 g/mol. The van der Waals surface area contributed by atoms with Crippen LogP contribution in [0.2, 0.25) is 10.3 Å². The second kappa shape index (κ2) is 5.12. The van der Waals surface area contributed by atoms with Crippen molar-refractivity contribution in [3.05, 3.63) is 52.5 Å². The zero-order valence-electron chi connectivity index (χ0n) is 8.52. The number of rotatable bonds is 2. The highest BCUT2D eigenvalue weighted by molar-refractivity contribution is 6.33. The van der Waals surface area contributed by atoms with Crippen LogP contribution in [0.1, 0.15) is 10.4 Å². The first-order chi connectivity index (χ1) is 8.16. The van der Waals surface area contributed by atoms with E-state index in [1.807, 2.05) is 0 Å². The molecule has 0 fully saturated rings. The SMILES string of the molecule is O=C(Nc1ccnc(Cl)c1)c1cccnc1Cl. The van der Waals surface area contributed by atoms with Gasteiger partial charge >= 0.3 is 0 Å². The summed E-state index contributed by atoms with van der Waals surface area (Å²) in [5.41, 5.74) is 0.858. The molecular formula is C11H7Cl2N3O. The lowest BCUT2D eigenvalue weighted by atomic mass is 10.2. The van der Waals surface area contributed by atoms with Crippen LogP contribution in [0.15, 0.2) is 36.7 Å². The van der Waals surface area contributed by atoms with Gasteiger partial charge in [-0.2, -0.15) is 0 Å². The number of nitrogens with one attached hydrogen (secondary N) is 1. The number of anilines is 1. The van der Waals surface area contributed by atoms with Gasteiger partial charge in [0.2, 0.25) is 0 Å². The number of carbonyl (C=O) groups is 1. The molecular weight excluding hydrogens is 261 g/mol. The number of carbonyl (C=O) groups excluding carboxylic acids is 1. The van der Waals surface area contributed by atoms with Gasteiger partial charge in [0.15, 0.2) is 0 Å². The van der Waals surface area contributed by atoms with Crippen LogP contribution in [0.3, 0.4) is 0 Å². The highest BCUT2D eigenvalue weighted by Gasteiger charge is 2.10. The number of halogens is 2. The Morgan fingerprint density at radius 3 is 2.71 bits per heavy atom. The molecule has 0 aromatic carbocycles. The molecule has 0 radical (unpaired) electrons. The molecule has 1 N–H and O–H groups in total. The molecule has 0 saturated carbocycles. The molecule has 17 heavy (non-hydrogen) atoms. The van der Waals surface area contributed by atoms with E-state index in [0.29, 0.717) is 16.4 Å². The summed E-state index contributed by atoms with van der Waals surface area (Å²) in [6.45, 7) is 0. The molecule has 0 saturated heterocycles. The van der Waals surface area contributed by atoms with Crippen molar-refractivity contribution in [2.75, 3.05) is 5.32 Å². The molecule has 0 bridgehead atoms. The maximum Gasteiger partial charge on any atom is 0.258 e. The number of aromatic nitrogens is 2. The van der Waals surface area contributed by atoms with Crippen LogP contribution in [0.5, 0.6) is 0 Å². The molecule has 0 aliphatic heterocycles. The first-order valence-electron chi connectivity index (χ1n) is 4.70. The highest BCUT2D eigenvalue weighted by atomic mass is 35.5. The third-order valence-corrected chi connectivity index (χ3v) is 2.50. The van der Waals surface area contributed by atoms with E-state index in [1.165, 1.54) is 12.4 Å². The molecule has 1 amide bonds. The Hall–Kier alpha value is -1.65. The molecule has 0 aliphatic rings. The van der Waals surface area contributed by atoms with Gasteiger partial charge in [0, 0.05) is 18.1 Å². The fraction of sp³-hybridized carbons (Fsp3) is 0. The maximum absolute atomic E-state index is 11.8. The largest absolute Gasteiger partial charge is 0.322 e. The Kier molecular flexibility index (Phi) is 3.56. The number of pyridine rings is 2. The van der Waals surface area contributed by atoms with E-state index in [2.05, 4.69) is 15.3 Å². The van der Waals surface area contributed by atoms with E-state index < -0.39 is 0 Å². The molecule has 0 spiro atoms. The molecule has 86 valence electrons. The van der Waals surface area contributed by atoms with Gasteiger partial charge in [-0.25, -0.2) is 9.97 Å². The van der Waals surface area contributed by atoms with Crippen LogP contribution < -0.4 is 5.32 Å². The lowest BCUT2D eigenvalue weighted by molar-refractivity contribution is 0.102. The quantitative estimate of drug-likeness (QED) is 0.851. The summed E-state index contributed by atoms with van der Waals surface area (Å²) < 4.78 is 0. The zero-order chi connectivity index (χ0) is 12.3. The Balaban J connectivity index is 2.20. The van der Waals surface area contributed by atoms with Gasteiger partial charge in [-0.15, -0.1) is 0 Å². The van der Waals surface area contributed by atoms with Crippen molar-refractivity contribution in [2.24, 2.45) is 0 Å². The summed E-state index contributed by atoms with van der Waals surface area (Å²) in [6, 6.07) is 6.41. The smallest absolute Gasteiger partial charge is 0.258 e. The van der Waals surface area contributed by atoms with Crippen LogP contribution in [0, 0.1) is 0 Å². The minimum atomic E-state index is -0.342. The second-order valence-electron chi connectivity index (χ2n) is 3.16. The first-order valence-corrected chi connectivity index (χ1v) is 5.46. The van der Waals surface area contributed by atoms with Crippen molar-refractivity contribution in [1.82, 2.24) is 9.97 Å². The normalized spacial score (nSPS) is 10.0.